The lowest BCUT2D eigenvalue weighted by Gasteiger charge is -2.54. The predicted octanol–water partition coefficient (Wildman–Crippen LogP) is 2.69. The molecular weight excluding hydrogens is 228 g/mol. The number of hydrogen-bond donors (Lipinski definition) is 1. The number of nitrogen functional groups attached to an aromatic ring is 1. The molecule has 1 heterocycles. The van der Waals surface area contributed by atoms with Gasteiger partial charge in [-0.25, -0.2) is 4.57 Å². The van der Waals surface area contributed by atoms with Crippen molar-refractivity contribution in [1.29, 1.82) is 0 Å². The minimum Gasteiger partial charge on any atom is -0.278 e. The Morgan fingerprint density at radius 2 is 1.76 bits per heavy atom. The Hall–Kier alpha value is -0.570. The predicted molar refractivity (Wildman–Crippen MR) is 69.5 cm³/mol. The molecule has 5 rings (SSSR count). The second kappa shape index (κ2) is 3.71. The molecule has 1 aromatic rings. The van der Waals surface area contributed by atoms with Gasteiger partial charge in [-0.2, -0.15) is 0 Å². The molecule has 4 saturated carbocycles. The topological polar surface area (TPSA) is 29.9 Å². The van der Waals surface area contributed by atoms with E-state index in [9.17, 15) is 0 Å². The first-order valence-corrected chi connectivity index (χ1v) is 7.90. The van der Waals surface area contributed by atoms with Crippen molar-refractivity contribution in [3.63, 3.8) is 0 Å². The zero-order valence-electron chi connectivity index (χ0n) is 10.2. The Bertz CT molecular complexity index is 398. The molecule has 92 valence electrons. The third-order valence-electron chi connectivity index (χ3n) is 5.54. The minimum absolute atomic E-state index is 0.921. The van der Waals surface area contributed by atoms with Gasteiger partial charge in [0.2, 0.25) is 0 Å². The molecule has 3 heteroatoms. The summed E-state index contributed by atoms with van der Waals surface area (Å²) in [6, 6.07) is 0. The van der Waals surface area contributed by atoms with Crippen molar-refractivity contribution < 1.29 is 4.57 Å². The molecule has 0 aliphatic heterocycles. The highest BCUT2D eigenvalue weighted by Crippen LogP contribution is 2.56. The van der Waals surface area contributed by atoms with Crippen LogP contribution >= 0.6 is 11.3 Å². The highest BCUT2D eigenvalue weighted by molar-refractivity contribution is 7.12. The Morgan fingerprint density at radius 3 is 2.29 bits per heavy atom. The number of anilines is 1. The van der Waals surface area contributed by atoms with Gasteiger partial charge in [-0.3, -0.25) is 5.73 Å². The molecule has 0 spiro atoms. The molecule has 0 radical (unpaired) electrons. The van der Waals surface area contributed by atoms with Crippen molar-refractivity contribution in [3.8, 4) is 0 Å². The van der Waals surface area contributed by atoms with Crippen LogP contribution in [0.3, 0.4) is 0 Å². The fraction of sp³-hybridized carbons (Fsp3) is 0.786. The molecular formula is C14H21N2S+. The molecule has 0 atom stereocenters. The molecule has 2 N–H and O–H groups in total. The summed E-state index contributed by atoms with van der Waals surface area (Å²) in [6.07, 6.45) is 9.79. The summed E-state index contributed by atoms with van der Waals surface area (Å²) < 4.78 is 2.29. The van der Waals surface area contributed by atoms with Gasteiger partial charge in [0.1, 0.15) is 6.20 Å². The van der Waals surface area contributed by atoms with Crippen LogP contribution in [0.2, 0.25) is 0 Å². The summed E-state index contributed by atoms with van der Waals surface area (Å²) in [5.74, 6) is 5.11. The number of thiazole rings is 1. The van der Waals surface area contributed by atoms with Crippen molar-refractivity contribution in [2.75, 3.05) is 5.73 Å². The van der Waals surface area contributed by atoms with E-state index in [-0.39, 0.29) is 0 Å². The van der Waals surface area contributed by atoms with Gasteiger partial charge in [0.05, 0.1) is 6.54 Å². The summed E-state index contributed by atoms with van der Waals surface area (Å²) in [4.78, 5) is 0. The van der Waals surface area contributed by atoms with E-state index in [1.165, 1.54) is 32.2 Å². The third-order valence-corrected chi connectivity index (χ3v) is 6.28. The van der Waals surface area contributed by atoms with Crippen LogP contribution in [0, 0.1) is 29.6 Å². The lowest BCUT2D eigenvalue weighted by atomic mass is 9.52. The maximum atomic E-state index is 6.03. The van der Waals surface area contributed by atoms with Crippen LogP contribution in [0.5, 0.6) is 0 Å². The third kappa shape index (κ3) is 1.62. The lowest BCUT2D eigenvalue weighted by molar-refractivity contribution is -0.689. The number of hydrogen-bond acceptors (Lipinski definition) is 2. The first kappa shape index (κ1) is 10.4. The molecule has 17 heavy (non-hydrogen) atoms. The Morgan fingerprint density at radius 1 is 1.12 bits per heavy atom. The molecule has 0 aromatic carbocycles. The molecule has 4 fully saturated rings. The van der Waals surface area contributed by atoms with Crippen molar-refractivity contribution in [2.24, 2.45) is 29.6 Å². The Labute approximate surface area is 107 Å². The van der Waals surface area contributed by atoms with E-state index in [1.807, 2.05) is 0 Å². The van der Waals surface area contributed by atoms with Crippen molar-refractivity contribution >= 4 is 16.5 Å². The van der Waals surface area contributed by atoms with Gasteiger partial charge in [0.25, 0.3) is 0 Å². The molecule has 4 aliphatic rings. The van der Waals surface area contributed by atoms with Crippen LogP contribution in [0.1, 0.15) is 32.1 Å². The van der Waals surface area contributed by atoms with E-state index >= 15 is 0 Å². The number of nitrogens with two attached hydrogens (primary N) is 1. The summed E-state index contributed by atoms with van der Waals surface area (Å²) in [5, 5.41) is 3.10. The molecule has 4 bridgehead atoms. The number of rotatable bonds is 2. The van der Waals surface area contributed by atoms with Crippen molar-refractivity contribution in [3.05, 3.63) is 11.6 Å². The average Bonchev–Trinajstić information content (AvgIpc) is 2.68. The standard InChI is InChI=1S/C14H20N2S/c15-14-16(1-2-17-14)8-13-11-4-9-3-10(6-11)7-12(13)5-9/h1-2,9-13,15H,3-8H2/p+1. The van der Waals surface area contributed by atoms with Crippen LogP contribution in [-0.4, -0.2) is 0 Å². The minimum atomic E-state index is 0.921. The molecule has 0 unspecified atom stereocenters. The number of aromatic nitrogens is 1. The fourth-order valence-corrected chi connectivity index (χ4v) is 5.65. The maximum Gasteiger partial charge on any atom is 0.331 e. The Balaban J connectivity index is 1.57. The van der Waals surface area contributed by atoms with Gasteiger partial charge in [-0.15, -0.1) is 0 Å². The van der Waals surface area contributed by atoms with Crippen LogP contribution in [0.25, 0.3) is 0 Å². The first-order chi connectivity index (χ1) is 8.29. The normalized spacial score (nSPS) is 43.2. The molecule has 2 nitrogen and oxygen atoms in total. The monoisotopic (exact) mass is 249 g/mol. The van der Waals surface area contributed by atoms with Gasteiger partial charge < -0.3 is 0 Å². The summed E-state index contributed by atoms with van der Waals surface area (Å²) in [6.45, 7) is 1.18. The van der Waals surface area contributed by atoms with Crippen LogP contribution in [0.4, 0.5) is 5.13 Å². The summed E-state index contributed by atoms with van der Waals surface area (Å²) >= 11 is 1.67. The van der Waals surface area contributed by atoms with E-state index in [0.29, 0.717) is 0 Å². The zero-order chi connectivity index (χ0) is 11.4. The van der Waals surface area contributed by atoms with Crippen LogP contribution in [-0.2, 0) is 6.54 Å². The highest BCUT2D eigenvalue weighted by atomic mass is 32.1. The lowest BCUT2D eigenvalue weighted by Crippen LogP contribution is -2.51. The van der Waals surface area contributed by atoms with Crippen molar-refractivity contribution in [2.45, 2.75) is 38.6 Å². The number of nitrogens with zero attached hydrogens (tertiary/aromatic N) is 1. The van der Waals surface area contributed by atoms with Gasteiger partial charge in [-0.1, -0.05) is 11.3 Å². The van der Waals surface area contributed by atoms with E-state index in [0.717, 1.165) is 34.7 Å². The second-order valence-electron chi connectivity index (χ2n) is 6.49. The van der Waals surface area contributed by atoms with Gasteiger partial charge >= 0.3 is 5.13 Å². The molecule has 0 saturated heterocycles. The fourth-order valence-electron chi connectivity index (χ4n) is 5.03. The SMILES string of the molecule is Nc1scc[n+]1CC1C2CC3CC(C2)CC1C3. The van der Waals surface area contributed by atoms with Crippen LogP contribution < -0.4 is 10.3 Å². The van der Waals surface area contributed by atoms with Crippen LogP contribution in [0.15, 0.2) is 11.6 Å². The smallest absolute Gasteiger partial charge is 0.278 e. The summed E-state index contributed by atoms with van der Waals surface area (Å²) in [7, 11) is 0. The van der Waals surface area contributed by atoms with E-state index in [4.69, 9.17) is 5.73 Å². The Kier molecular flexibility index (Phi) is 2.26. The molecule has 1 aromatic heterocycles. The quantitative estimate of drug-likeness (QED) is 0.802. The average molecular weight is 249 g/mol. The van der Waals surface area contributed by atoms with Gasteiger partial charge in [0, 0.05) is 11.3 Å². The van der Waals surface area contributed by atoms with E-state index in [2.05, 4.69) is 16.1 Å². The van der Waals surface area contributed by atoms with Gasteiger partial charge in [-0.05, 0) is 55.8 Å². The van der Waals surface area contributed by atoms with E-state index < -0.39 is 0 Å². The second-order valence-corrected chi connectivity index (χ2v) is 7.41. The summed E-state index contributed by atoms with van der Waals surface area (Å²) in [5.41, 5.74) is 6.03. The largest absolute Gasteiger partial charge is 0.331 e. The highest BCUT2D eigenvalue weighted by Gasteiger charge is 2.48. The molecule has 0 amide bonds. The maximum absolute atomic E-state index is 6.03. The zero-order valence-corrected chi connectivity index (χ0v) is 11.0. The van der Waals surface area contributed by atoms with Crippen molar-refractivity contribution in [1.82, 2.24) is 0 Å². The molecule has 4 aliphatic carbocycles. The van der Waals surface area contributed by atoms with Gasteiger partial charge in [0.15, 0.2) is 0 Å². The first-order valence-electron chi connectivity index (χ1n) is 7.02. The van der Waals surface area contributed by atoms with E-state index in [1.54, 1.807) is 17.8 Å².